The van der Waals surface area contributed by atoms with Crippen LogP contribution in [0.1, 0.15) is 72.5 Å². The van der Waals surface area contributed by atoms with Crippen LogP contribution in [0.25, 0.3) is 33.8 Å². The lowest BCUT2D eigenvalue weighted by molar-refractivity contribution is 0.0592. The molecule has 0 radical (unpaired) electrons. The van der Waals surface area contributed by atoms with Gasteiger partial charge in [-0.3, -0.25) is 0 Å². The van der Waals surface area contributed by atoms with E-state index in [9.17, 15) is 9.59 Å². The Hall–Kier alpha value is -6.91. The number of anilines is 3. The molecule has 4 unspecified atom stereocenters. The fraction of sp³-hybridized carbons (Fsp3) is 0.321. The van der Waals surface area contributed by atoms with Crippen LogP contribution in [0.4, 0.5) is 17.5 Å². The van der Waals surface area contributed by atoms with E-state index < -0.39 is 0 Å². The highest BCUT2D eigenvalue weighted by atomic mass is 79.9. The molecule has 70 heavy (non-hydrogen) atoms. The number of fused-ring (bicyclic) bond motifs is 2. The maximum absolute atomic E-state index is 12.0. The molecule has 0 aliphatic carbocycles. The number of hydrogen-bond donors (Lipinski definition) is 1. The highest BCUT2D eigenvalue weighted by Crippen LogP contribution is 2.29. The van der Waals surface area contributed by atoms with Gasteiger partial charge in [0.2, 0.25) is 0 Å². The first kappa shape index (κ1) is 51.0. The summed E-state index contributed by atoms with van der Waals surface area (Å²) in [6.07, 6.45) is 10.3. The normalized spacial score (nSPS) is 17.6. The van der Waals surface area contributed by atoms with E-state index >= 15 is 0 Å². The molecule has 364 valence electrons. The van der Waals surface area contributed by atoms with Crippen molar-refractivity contribution in [2.75, 3.05) is 55.9 Å². The molecule has 2 N–H and O–H groups in total. The van der Waals surface area contributed by atoms with E-state index in [1.54, 1.807) is 58.0 Å². The number of benzene rings is 2. The van der Waals surface area contributed by atoms with Gasteiger partial charge >= 0.3 is 11.9 Å². The van der Waals surface area contributed by atoms with Crippen LogP contribution in [0.15, 0.2) is 126 Å². The predicted molar refractivity (Wildman–Crippen MR) is 280 cm³/mol. The summed E-state index contributed by atoms with van der Waals surface area (Å²) in [4.78, 5) is 46.4. The van der Waals surface area contributed by atoms with Crippen LogP contribution in [0.5, 0.6) is 0 Å². The highest BCUT2D eigenvalue weighted by Gasteiger charge is 2.24. The minimum absolute atomic E-state index is 0. The third kappa shape index (κ3) is 12.5. The van der Waals surface area contributed by atoms with Crippen LogP contribution in [-0.4, -0.2) is 91.5 Å². The van der Waals surface area contributed by atoms with Crippen molar-refractivity contribution in [3.63, 3.8) is 0 Å². The average molecular weight is 1030 g/mol. The number of imidazole rings is 2. The highest BCUT2D eigenvalue weighted by molar-refractivity contribution is 9.10. The molecule has 8 heterocycles. The smallest absolute Gasteiger partial charge is 0.337 e. The van der Waals surface area contributed by atoms with Gasteiger partial charge in [-0.2, -0.15) is 10.2 Å². The Kier molecular flexibility index (Phi) is 16.8. The molecule has 0 spiro atoms. The first-order valence-corrected chi connectivity index (χ1v) is 24.0. The third-order valence-corrected chi connectivity index (χ3v) is 12.8. The number of aromatic nitrogens is 8. The zero-order valence-corrected chi connectivity index (χ0v) is 42.7. The topological polar surface area (TPSA) is 171 Å². The summed E-state index contributed by atoms with van der Waals surface area (Å²) < 4.78 is 13.9. The van der Waals surface area contributed by atoms with Crippen LogP contribution in [0.2, 0.25) is 0 Å². The fourth-order valence-electron chi connectivity index (χ4n) is 9.37. The zero-order chi connectivity index (χ0) is 48.6. The molecule has 8 aromatic rings. The van der Waals surface area contributed by atoms with Gasteiger partial charge in [-0.05, 0) is 113 Å². The van der Waals surface area contributed by atoms with Crippen molar-refractivity contribution >= 4 is 69.0 Å². The molecule has 0 bridgehead atoms. The Bertz CT molecular complexity index is 3050. The molecule has 2 aliphatic rings. The Morgan fingerprint density at radius 1 is 0.629 bits per heavy atom. The average Bonchev–Trinajstić information content (AvgIpc) is 4.05. The molecular formula is C53H59BrClN11O4. The molecular weight excluding hydrogens is 970 g/mol. The van der Waals surface area contributed by atoms with E-state index in [0.717, 1.165) is 99.2 Å². The van der Waals surface area contributed by atoms with Crippen molar-refractivity contribution < 1.29 is 19.1 Å². The first-order valence-electron chi connectivity index (χ1n) is 23.2. The number of pyridine rings is 2. The second kappa shape index (κ2) is 23.1. The van der Waals surface area contributed by atoms with Crippen molar-refractivity contribution in [2.45, 2.75) is 47.0 Å². The minimum atomic E-state index is -0.367. The van der Waals surface area contributed by atoms with Crippen molar-refractivity contribution in [3.05, 3.63) is 149 Å². The molecule has 0 saturated carbocycles. The molecule has 2 aliphatic heterocycles. The number of hydrogen-bond acceptors (Lipinski definition) is 13. The van der Waals surface area contributed by atoms with Gasteiger partial charge in [0, 0.05) is 79.8 Å². The Labute approximate surface area is 423 Å². The molecule has 0 amide bonds. The summed E-state index contributed by atoms with van der Waals surface area (Å²) >= 11 is 3.47. The number of nitrogens with zero attached hydrogens (tertiary/aromatic N) is 10. The number of nitrogens with two attached hydrogens (primary N) is 1. The molecule has 6 aromatic heterocycles. The Morgan fingerprint density at radius 3 is 1.63 bits per heavy atom. The Morgan fingerprint density at radius 2 is 1.10 bits per heavy atom. The van der Waals surface area contributed by atoms with Gasteiger partial charge in [0.15, 0.2) is 11.3 Å². The number of carbonyl (C=O) groups excluding carboxylic acids is 2. The summed E-state index contributed by atoms with van der Waals surface area (Å²) in [6, 6.07) is 30.5. The van der Waals surface area contributed by atoms with Crippen molar-refractivity contribution in [1.82, 2.24) is 39.2 Å². The lowest BCUT2D eigenvalue weighted by Gasteiger charge is -2.36. The summed E-state index contributed by atoms with van der Waals surface area (Å²) in [5.41, 5.74) is 13.5. The van der Waals surface area contributed by atoms with Gasteiger partial charge in [0.1, 0.15) is 17.5 Å². The monoisotopic (exact) mass is 1030 g/mol. The first-order chi connectivity index (χ1) is 33.3. The van der Waals surface area contributed by atoms with Crippen LogP contribution in [0.3, 0.4) is 0 Å². The lowest BCUT2D eigenvalue weighted by Crippen LogP contribution is -2.39. The van der Waals surface area contributed by atoms with Crippen LogP contribution < -0.4 is 15.5 Å². The van der Waals surface area contributed by atoms with Crippen molar-refractivity contribution in [3.8, 4) is 22.5 Å². The van der Waals surface area contributed by atoms with E-state index in [-0.39, 0.29) is 24.3 Å². The predicted octanol–water partition coefficient (Wildman–Crippen LogP) is 10.2. The van der Waals surface area contributed by atoms with Crippen molar-refractivity contribution in [1.29, 1.82) is 0 Å². The van der Waals surface area contributed by atoms with Gasteiger partial charge in [-0.1, -0.05) is 64.1 Å². The van der Waals surface area contributed by atoms with E-state index in [0.29, 0.717) is 35.2 Å². The number of rotatable bonds is 8. The van der Waals surface area contributed by atoms with E-state index in [1.807, 2.05) is 54.7 Å². The van der Waals surface area contributed by atoms with Gasteiger partial charge in [0.25, 0.3) is 0 Å². The maximum Gasteiger partial charge on any atom is 0.337 e. The van der Waals surface area contributed by atoms with E-state index in [4.69, 9.17) is 25.3 Å². The summed E-state index contributed by atoms with van der Waals surface area (Å²) in [6.45, 7) is 13.5. The van der Waals surface area contributed by atoms with E-state index in [1.165, 1.54) is 27.1 Å². The standard InChI is InChI=1S/C27H29N5O2.C14H10BrN3O2.C12H19N3.ClH/c1-18-12-19(2)17-31(16-18)25-9-5-8-23(29-25)14-22-15-24(30-32-11-10-28-26(22)32)20-6-4-7-21(13-20)27(33)34-3;1-20-14(19)10-4-2-3-9(7-10)12-8-11(15)13-16-5-6-18(13)17-12;1-9-6-10(2)8-15(7-9)12-5-3-4-11(13)14-12;/h4-11,13,15,18-19H,12,14,16-17H2,1-3H3;2-8H,1H3;3-5,9-10H,6-8H2,1-2H3,(H2,13,14);1H. The van der Waals surface area contributed by atoms with E-state index in [2.05, 4.69) is 91.7 Å². The lowest BCUT2D eigenvalue weighted by atomic mass is 9.92. The largest absolute Gasteiger partial charge is 0.465 e. The molecule has 2 saturated heterocycles. The number of carbonyl (C=O) groups is 2. The number of esters is 2. The zero-order valence-electron chi connectivity index (χ0n) is 40.3. The SMILES string of the molecule is CC1CC(C)CN(c2cccc(N)n2)C1.COC(=O)c1cccc(-c2cc(Br)c3nccn3n2)c1.COC(=O)c1cccc(-c2cc(Cc3cccc(N4CC(C)CC(C)C4)n3)c3nccn3n2)c1.Cl. The van der Waals surface area contributed by atoms with Crippen LogP contribution in [-0.2, 0) is 15.9 Å². The van der Waals surface area contributed by atoms with Crippen LogP contribution in [0, 0.1) is 23.7 Å². The second-order valence-corrected chi connectivity index (χ2v) is 19.1. The molecule has 10 rings (SSSR count). The maximum atomic E-state index is 12.0. The minimum Gasteiger partial charge on any atom is -0.465 e. The van der Waals surface area contributed by atoms with Gasteiger partial charge in [0.05, 0.1) is 41.2 Å². The molecule has 15 nitrogen and oxygen atoms in total. The molecule has 17 heteroatoms. The van der Waals surface area contributed by atoms with Gasteiger partial charge in [-0.25, -0.2) is 38.6 Å². The number of halogens is 2. The number of piperidine rings is 2. The third-order valence-electron chi connectivity index (χ3n) is 12.2. The second-order valence-electron chi connectivity index (χ2n) is 18.3. The van der Waals surface area contributed by atoms with Gasteiger partial charge < -0.3 is 25.0 Å². The Balaban J connectivity index is 0.000000170. The molecule has 2 fully saturated rings. The van der Waals surface area contributed by atoms with Crippen molar-refractivity contribution in [2.24, 2.45) is 23.7 Å². The summed E-state index contributed by atoms with van der Waals surface area (Å²) in [5.74, 6) is 4.77. The fourth-order valence-corrected chi connectivity index (χ4v) is 9.87. The number of nitrogen functional groups attached to an aromatic ring is 1. The molecule has 2 aromatic carbocycles. The number of methoxy groups -OCH3 is 2. The van der Waals surface area contributed by atoms with Gasteiger partial charge in [-0.15, -0.1) is 12.4 Å². The number of ether oxygens (including phenoxy) is 2. The molecule has 4 atom stereocenters. The van der Waals surface area contributed by atoms with Crippen LogP contribution >= 0.6 is 28.3 Å². The summed E-state index contributed by atoms with van der Waals surface area (Å²) in [5, 5.41) is 9.18. The summed E-state index contributed by atoms with van der Waals surface area (Å²) in [7, 11) is 2.75. The quantitative estimate of drug-likeness (QED) is 0.143.